The number of methoxy groups -OCH3 is 1. The number of hydrogen-bond acceptors (Lipinski definition) is 3. The number of amides is 2. The van der Waals surface area contributed by atoms with E-state index in [0.717, 1.165) is 35.5 Å². The number of benzene rings is 2. The van der Waals surface area contributed by atoms with Crippen LogP contribution in [0.15, 0.2) is 48.5 Å². The normalized spacial score (nSPS) is 17.3. The number of thioether (sulfide) groups is 1. The Morgan fingerprint density at radius 3 is 2.74 bits per heavy atom. The van der Waals surface area contributed by atoms with Crippen molar-refractivity contribution in [3.05, 3.63) is 65.5 Å². The highest BCUT2D eigenvalue weighted by atomic mass is 32.2. The summed E-state index contributed by atoms with van der Waals surface area (Å²) >= 11 is 1.72. The van der Waals surface area contributed by atoms with E-state index in [-0.39, 0.29) is 17.1 Å². The first-order valence-corrected chi connectivity index (χ1v) is 10.2. The molecule has 27 heavy (non-hydrogen) atoms. The van der Waals surface area contributed by atoms with Crippen molar-refractivity contribution in [1.29, 1.82) is 0 Å². The third-order valence-electron chi connectivity index (χ3n) is 4.73. The van der Waals surface area contributed by atoms with E-state index in [1.54, 1.807) is 24.9 Å². The summed E-state index contributed by atoms with van der Waals surface area (Å²) < 4.78 is 19.2. The SMILES string of the molecule is COc1ccc(CCNC(=O)N2CCS[C@H](c3ccccc3F)CC2)cc1. The number of carbonyl (C=O) groups is 1. The molecule has 1 heterocycles. The standard InChI is InChI=1S/C21H25FN2O2S/c1-26-17-8-6-16(7-9-17)10-12-23-21(25)24-13-11-20(27-15-14-24)18-4-2-3-5-19(18)22/h2-9,20H,10-15H2,1H3,(H,23,25)/t20-/m0/s1. The quantitative estimate of drug-likeness (QED) is 0.832. The predicted molar refractivity (Wildman–Crippen MR) is 108 cm³/mol. The van der Waals surface area contributed by atoms with Gasteiger partial charge in [-0.15, -0.1) is 0 Å². The van der Waals surface area contributed by atoms with Crippen molar-refractivity contribution in [2.45, 2.75) is 18.1 Å². The summed E-state index contributed by atoms with van der Waals surface area (Å²) in [6.45, 7) is 1.91. The van der Waals surface area contributed by atoms with E-state index in [4.69, 9.17) is 4.74 Å². The van der Waals surface area contributed by atoms with Crippen molar-refractivity contribution in [1.82, 2.24) is 10.2 Å². The van der Waals surface area contributed by atoms with Crippen molar-refractivity contribution in [2.75, 3.05) is 32.5 Å². The average molecular weight is 389 g/mol. The minimum Gasteiger partial charge on any atom is -0.497 e. The van der Waals surface area contributed by atoms with E-state index < -0.39 is 0 Å². The van der Waals surface area contributed by atoms with Gasteiger partial charge in [-0.2, -0.15) is 11.8 Å². The topological polar surface area (TPSA) is 41.6 Å². The lowest BCUT2D eigenvalue weighted by atomic mass is 10.1. The van der Waals surface area contributed by atoms with Crippen LogP contribution in [0.2, 0.25) is 0 Å². The summed E-state index contributed by atoms with van der Waals surface area (Å²) in [5.74, 6) is 1.48. The minimum absolute atomic E-state index is 0.0432. The molecule has 2 amide bonds. The number of hydrogen-bond donors (Lipinski definition) is 1. The maximum atomic E-state index is 14.0. The number of urea groups is 1. The fourth-order valence-corrected chi connectivity index (χ4v) is 4.43. The molecule has 3 rings (SSSR count). The van der Waals surface area contributed by atoms with E-state index in [1.165, 1.54) is 6.07 Å². The molecule has 2 aromatic carbocycles. The number of rotatable bonds is 5. The number of halogens is 1. The van der Waals surface area contributed by atoms with Crippen LogP contribution in [0.5, 0.6) is 5.75 Å². The Balaban J connectivity index is 1.47. The number of carbonyl (C=O) groups excluding carboxylic acids is 1. The minimum atomic E-state index is -0.160. The Morgan fingerprint density at radius 2 is 2.00 bits per heavy atom. The molecule has 0 saturated carbocycles. The van der Waals surface area contributed by atoms with Gasteiger partial charge >= 0.3 is 6.03 Å². The van der Waals surface area contributed by atoms with Gasteiger partial charge in [-0.1, -0.05) is 30.3 Å². The molecule has 0 bridgehead atoms. The third kappa shape index (κ3) is 5.39. The van der Waals surface area contributed by atoms with Gasteiger partial charge in [0.25, 0.3) is 0 Å². The molecule has 0 aliphatic carbocycles. The molecule has 2 aromatic rings. The molecule has 0 aromatic heterocycles. The number of nitrogens with zero attached hydrogens (tertiary/aromatic N) is 1. The first-order valence-electron chi connectivity index (χ1n) is 9.19. The van der Waals surface area contributed by atoms with E-state index in [1.807, 2.05) is 41.3 Å². The van der Waals surface area contributed by atoms with Gasteiger partial charge in [0.05, 0.1) is 7.11 Å². The van der Waals surface area contributed by atoms with E-state index >= 15 is 0 Å². The largest absolute Gasteiger partial charge is 0.497 e. The van der Waals surface area contributed by atoms with Crippen LogP contribution in [0.1, 0.15) is 22.8 Å². The molecule has 144 valence electrons. The van der Waals surface area contributed by atoms with E-state index in [2.05, 4.69) is 5.32 Å². The Bertz CT molecular complexity index is 754. The molecule has 1 aliphatic rings. The van der Waals surface area contributed by atoms with Crippen LogP contribution in [-0.4, -0.2) is 43.4 Å². The second-order valence-electron chi connectivity index (χ2n) is 6.49. The molecular weight excluding hydrogens is 363 g/mol. The molecule has 1 fully saturated rings. The monoisotopic (exact) mass is 388 g/mol. The van der Waals surface area contributed by atoms with Crippen LogP contribution in [0.3, 0.4) is 0 Å². The van der Waals surface area contributed by atoms with E-state index in [0.29, 0.717) is 19.6 Å². The highest BCUT2D eigenvalue weighted by molar-refractivity contribution is 7.99. The lowest BCUT2D eigenvalue weighted by Crippen LogP contribution is -2.41. The van der Waals surface area contributed by atoms with Gasteiger partial charge in [-0.3, -0.25) is 0 Å². The molecule has 1 aliphatic heterocycles. The lowest BCUT2D eigenvalue weighted by Gasteiger charge is -2.21. The van der Waals surface area contributed by atoms with Crippen LogP contribution in [-0.2, 0) is 6.42 Å². The number of ether oxygens (including phenoxy) is 1. The molecule has 1 N–H and O–H groups in total. The van der Waals surface area contributed by atoms with Gasteiger partial charge in [-0.25, -0.2) is 9.18 Å². The van der Waals surface area contributed by atoms with Gasteiger partial charge in [0.15, 0.2) is 0 Å². The zero-order valence-corrected chi connectivity index (χ0v) is 16.3. The maximum absolute atomic E-state index is 14.0. The molecular formula is C21H25FN2O2S. The van der Waals surface area contributed by atoms with Gasteiger partial charge in [0.2, 0.25) is 0 Å². The maximum Gasteiger partial charge on any atom is 0.317 e. The first-order chi connectivity index (χ1) is 13.2. The average Bonchev–Trinajstić information content (AvgIpc) is 2.95. The Hall–Kier alpha value is -2.21. The second-order valence-corrected chi connectivity index (χ2v) is 7.80. The zero-order valence-electron chi connectivity index (χ0n) is 15.5. The summed E-state index contributed by atoms with van der Waals surface area (Å²) in [5, 5.41) is 3.10. The van der Waals surface area contributed by atoms with Crippen LogP contribution in [0.25, 0.3) is 0 Å². The van der Waals surface area contributed by atoms with Gasteiger partial charge in [0.1, 0.15) is 11.6 Å². The lowest BCUT2D eigenvalue weighted by molar-refractivity contribution is 0.201. The fraction of sp³-hybridized carbons (Fsp3) is 0.381. The molecule has 0 radical (unpaired) electrons. The van der Waals surface area contributed by atoms with Crippen molar-refractivity contribution in [2.24, 2.45) is 0 Å². The van der Waals surface area contributed by atoms with Gasteiger partial charge in [-0.05, 0) is 36.6 Å². The van der Waals surface area contributed by atoms with Crippen LogP contribution in [0.4, 0.5) is 9.18 Å². The van der Waals surface area contributed by atoms with Crippen molar-refractivity contribution in [3.8, 4) is 5.75 Å². The fourth-order valence-electron chi connectivity index (χ4n) is 3.18. The summed E-state index contributed by atoms with van der Waals surface area (Å²) in [7, 11) is 1.64. The molecule has 1 saturated heterocycles. The highest BCUT2D eigenvalue weighted by Gasteiger charge is 2.23. The number of nitrogens with one attached hydrogen (secondary N) is 1. The zero-order chi connectivity index (χ0) is 19.1. The van der Waals surface area contributed by atoms with Crippen molar-refractivity contribution in [3.63, 3.8) is 0 Å². The smallest absolute Gasteiger partial charge is 0.317 e. The molecule has 1 atom stereocenters. The molecule has 0 spiro atoms. The van der Waals surface area contributed by atoms with Crippen LogP contribution >= 0.6 is 11.8 Å². The second kappa shape index (κ2) is 9.65. The highest BCUT2D eigenvalue weighted by Crippen LogP contribution is 2.35. The van der Waals surface area contributed by atoms with Crippen molar-refractivity contribution >= 4 is 17.8 Å². The van der Waals surface area contributed by atoms with E-state index in [9.17, 15) is 9.18 Å². The third-order valence-corrected chi connectivity index (χ3v) is 6.04. The summed E-state index contributed by atoms with van der Waals surface area (Å²) in [5.41, 5.74) is 1.89. The van der Waals surface area contributed by atoms with Gasteiger partial charge < -0.3 is 15.0 Å². The summed E-state index contributed by atoms with van der Waals surface area (Å²) in [6, 6.07) is 14.7. The molecule has 6 heteroatoms. The summed E-state index contributed by atoms with van der Waals surface area (Å²) in [4.78, 5) is 14.3. The Morgan fingerprint density at radius 1 is 1.22 bits per heavy atom. The Kier molecular flexibility index (Phi) is 6.98. The Labute approximate surface area is 164 Å². The van der Waals surface area contributed by atoms with Crippen LogP contribution in [0, 0.1) is 5.82 Å². The van der Waals surface area contributed by atoms with Crippen LogP contribution < -0.4 is 10.1 Å². The van der Waals surface area contributed by atoms with Crippen molar-refractivity contribution < 1.29 is 13.9 Å². The molecule has 4 nitrogen and oxygen atoms in total. The summed E-state index contributed by atoms with van der Waals surface area (Å²) in [6.07, 6.45) is 1.54. The molecule has 0 unspecified atom stereocenters. The predicted octanol–water partition coefficient (Wildman–Crippen LogP) is 4.27. The first kappa shape index (κ1) is 19.5. The van der Waals surface area contributed by atoms with Gasteiger partial charge in [0, 0.05) is 36.2 Å².